The monoisotopic (exact) mass is 240 g/mol. The molecule has 3 atom stereocenters. The smallest absolute Gasteiger partial charge is 0.237 e. The highest BCUT2D eigenvalue weighted by Crippen LogP contribution is 2.28. The number of hydrogen-bond acceptors (Lipinski definition) is 2. The minimum atomic E-state index is -0.0773. The van der Waals surface area contributed by atoms with Gasteiger partial charge in [0.15, 0.2) is 0 Å². The zero-order chi connectivity index (χ0) is 12.8. The molecule has 2 N–H and O–H groups in total. The van der Waals surface area contributed by atoms with Crippen LogP contribution in [0.2, 0.25) is 0 Å². The van der Waals surface area contributed by atoms with Gasteiger partial charge in [-0.05, 0) is 45.6 Å². The van der Waals surface area contributed by atoms with E-state index in [2.05, 4.69) is 17.6 Å². The van der Waals surface area contributed by atoms with Crippen LogP contribution in [0.25, 0.3) is 0 Å². The largest absolute Gasteiger partial charge is 0.353 e. The Morgan fingerprint density at radius 1 is 1.24 bits per heavy atom. The molecule has 1 amide bonds. The topological polar surface area (TPSA) is 41.1 Å². The summed E-state index contributed by atoms with van der Waals surface area (Å²) in [6.07, 6.45) is 5.38. The molecule has 1 fully saturated rings. The highest BCUT2D eigenvalue weighted by Gasteiger charge is 2.22. The second-order valence-corrected chi connectivity index (χ2v) is 5.82. The summed E-state index contributed by atoms with van der Waals surface area (Å²) in [5.74, 6) is 1.66. The molecule has 3 nitrogen and oxygen atoms in total. The van der Waals surface area contributed by atoms with Crippen molar-refractivity contribution in [2.24, 2.45) is 11.8 Å². The number of amides is 1. The van der Waals surface area contributed by atoms with Crippen LogP contribution in [0, 0.1) is 11.8 Å². The van der Waals surface area contributed by atoms with Gasteiger partial charge < -0.3 is 10.6 Å². The van der Waals surface area contributed by atoms with Crippen LogP contribution in [-0.4, -0.2) is 24.5 Å². The number of carbonyl (C=O) groups is 1. The van der Waals surface area contributed by atoms with Crippen molar-refractivity contribution in [2.75, 3.05) is 6.54 Å². The first-order chi connectivity index (χ1) is 8.00. The first-order valence-corrected chi connectivity index (χ1v) is 7.04. The third-order valence-corrected chi connectivity index (χ3v) is 3.80. The molecule has 17 heavy (non-hydrogen) atoms. The van der Waals surface area contributed by atoms with Crippen molar-refractivity contribution in [3.63, 3.8) is 0 Å². The normalized spacial score (nSPS) is 26.9. The maximum atomic E-state index is 11.7. The van der Waals surface area contributed by atoms with Gasteiger partial charge in [0.05, 0.1) is 6.04 Å². The fraction of sp³-hybridized carbons (Fsp3) is 0.929. The lowest BCUT2D eigenvalue weighted by molar-refractivity contribution is -0.123. The van der Waals surface area contributed by atoms with Crippen molar-refractivity contribution in [3.8, 4) is 0 Å². The zero-order valence-corrected chi connectivity index (χ0v) is 11.8. The summed E-state index contributed by atoms with van der Waals surface area (Å²) in [4.78, 5) is 11.7. The Kier molecular flexibility index (Phi) is 5.96. The van der Waals surface area contributed by atoms with E-state index in [-0.39, 0.29) is 18.0 Å². The Hall–Kier alpha value is -0.570. The van der Waals surface area contributed by atoms with E-state index in [4.69, 9.17) is 0 Å². The molecule has 3 unspecified atom stereocenters. The van der Waals surface area contributed by atoms with Crippen LogP contribution in [-0.2, 0) is 4.79 Å². The summed E-state index contributed by atoms with van der Waals surface area (Å²) >= 11 is 0. The van der Waals surface area contributed by atoms with Gasteiger partial charge in [-0.3, -0.25) is 4.79 Å². The van der Waals surface area contributed by atoms with Crippen molar-refractivity contribution in [1.29, 1.82) is 0 Å². The van der Waals surface area contributed by atoms with Gasteiger partial charge in [0.1, 0.15) is 0 Å². The fourth-order valence-corrected chi connectivity index (χ4v) is 2.53. The molecule has 0 bridgehead atoms. The summed E-state index contributed by atoms with van der Waals surface area (Å²) < 4.78 is 0. The molecule has 0 aromatic rings. The van der Waals surface area contributed by atoms with Gasteiger partial charge in [0, 0.05) is 6.04 Å². The average Bonchev–Trinajstić information content (AvgIpc) is 2.26. The molecular formula is C14H28N2O. The van der Waals surface area contributed by atoms with Crippen molar-refractivity contribution in [1.82, 2.24) is 10.6 Å². The number of carbonyl (C=O) groups excluding carboxylic acids is 1. The van der Waals surface area contributed by atoms with Crippen LogP contribution < -0.4 is 10.6 Å². The van der Waals surface area contributed by atoms with Gasteiger partial charge in [-0.2, -0.15) is 0 Å². The number of nitrogens with one attached hydrogen (secondary N) is 2. The van der Waals surface area contributed by atoms with E-state index in [1.54, 1.807) is 0 Å². The zero-order valence-electron chi connectivity index (χ0n) is 11.8. The van der Waals surface area contributed by atoms with Crippen LogP contribution in [0.5, 0.6) is 0 Å². The lowest BCUT2D eigenvalue weighted by Gasteiger charge is -2.30. The van der Waals surface area contributed by atoms with E-state index >= 15 is 0 Å². The molecule has 0 aromatic heterocycles. The van der Waals surface area contributed by atoms with E-state index in [1.165, 1.54) is 25.7 Å². The Labute approximate surface area is 106 Å². The molecule has 0 aromatic carbocycles. The molecule has 1 saturated carbocycles. The van der Waals surface area contributed by atoms with Gasteiger partial charge in [-0.25, -0.2) is 0 Å². The first-order valence-electron chi connectivity index (χ1n) is 7.04. The van der Waals surface area contributed by atoms with Gasteiger partial charge in [-0.1, -0.05) is 26.2 Å². The van der Waals surface area contributed by atoms with Crippen LogP contribution in [0.15, 0.2) is 0 Å². The number of hydrogen-bond donors (Lipinski definition) is 2. The summed E-state index contributed by atoms with van der Waals surface area (Å²) in [5.41, 5.74) is 0. The second kappa shape index (κ2) is 7.00. The van der Waals surface area contributed by atoms with E-state index in [0.717, 1.165) is 18.4 Å². The molecule has 1 aliphatic carbocycles. The van der Waals surface area contributed by atoms with Crippen LogP contribution >= 0.6 is 0 Å². The maximum Gasteiger partial charge on any atom is 0.237 e. The molecule has 100 valence electrons. The molecule has 1 rings (SSSR count). The highest BCUT2D eigenvalue weighted by molar-refractivity contribution is 5.81. The Balaban J connectivity index is 2.26. The minimum Gasteiger partial charge on any atom is -0.353 e. The summed E-state index contributed by atoms with van der Waals surface area (Å²) in [6.45, 7) is 9.26. The fourth-order valence-electron chi connectivity index (χ4n) is 2.53. The Morgan fingerprint density at radius 2 is 1.88 bits per heavy atom. The van der Waals surface area contributed by atoms with E-state index < -0.39 is 0 Å². The van der Waals surface area contributed by atoms with Crippen LogP contribution in [0.1, 0.15) is 53.4 Å². The van der Waals surface area contributed by atoms with Crippen molar-refractivity contribution >= 4 is 5.91 Å². The summed E-state index contributed by atoms with van der Waals surface area (Å²) in [5, 5.41) is 6.32. The molecule has 3 heteroatoms. The van der Waals surface area contributed by atoms with E-state index in [0.29, 0.717) is 0 Å². The second-order valence-electron chi connectivity index (χ2n) is 5.82. The summed E-state index contributed by atoms with van der Waals surface area (Å²) in [6, 6.07) is 0.145. The Morgan fingerprint density at radius 3 is 2.47 bits per heavy atom. The standard InChI is InChI=1S/C14H28N2O/c1-10(2)16-14(17)12(4)15-9-13-8-6-5-7-11(13)3/h10-13,15H,5-9H2,1-4H3,(H,16,17). The first kappa shape index (κ1) is 14.5. The highest BCUT2D eigenvalue weighted by atomic mass is 16.2. The lowest BCUT2D eigenvalue weighted by Crippen LogP contribution is -2.46. The SMILES string of the molecule is CC(C)NC(=O)C(C)NCC1CCCCC1C. The van der Waals surface area contributed by atoms with Gasteiger partial charge in [0.2, 0.25) is 5.91 Å². The minimum absolute atomic E-state index is 0.0773. The van der Waals surface area contributed by atoms with Crippen molar-refractivity contribution < 1.29 is 4.79 Å². The lowest BCUT2D eigenvalue weighted by atomic mass is 9.80. The van der Waals surface area contributed by atoms with Crippen LogP contribution in [0.4, 0.5) is 0 Å². The third-order valence-electron chi connectivity index (χ3n) is 3.80. The van der Waals surface area contributed by atoms with Gasteiger partial charge in [-0.15, -0.1) is 0 Å². The van der Waals surface area contributed by atoms with Crippen molar-refractivity contribution in [3.05, 3.63) is 0 Å². The summed E-state index contributed by atoms with van der Waals surface area (Å²) in [7, 11) is 0. The molecular weight excluding hydrogens is 212 g/mol. The van der Waals surface area contributed by atoms with Gasteiger partial charge >= 0.3 is 0 Å². The van der Waals surface area contributed by atoms with Crippen molar-refractivity contribution in [2.45, 2.75) is 65.5 Å². The molecule has 0 spiro atoms. The van der Waals surface area contributed by atoms with E-state index in [1.807, 2.05) is 20.8 Å². The quantitative estimate of drug-likeness (QED) is 0.774. The average molecular weight is 240 g/mol. The van der Waals surface area contributed by atoms with Gasteiger partial charge in [0.25, 0.3) is 0 Å². The van der Waals surface area contributed by atoms with E-state index in [9.17, 15) is 4.79 Å². The maximum absolute atomic E-state index is 11.7. The molecule has 1 aliphatic rings. The molecule has 0 heterocycles. The molecule has 0 radical (unpaired) electrons. The Bertz CT molecular complexity index is 240. The number of rotatable bonds is 5. The predicted molar refractivity (Wildman–Crippen MR) is 71.9 cm³/mol. The predicted octanol–water partition coefficient (Wildman–Crippen LogP) is 2.32. The third kappa shape index (κ3) is 5.07. The van der Waals surface area contributed by atoms with Crippen LogP contribution in [0.3, 0.4) is 0 Å². The molecule has 0 saturated heterocycles. The molecule has 0 aliphatic heterocycles.